The second-order valence-electron chi connectivity index (χ2n) is 6.87. The van der Waals surface area contributed by atoms with Gasteiger partial charge in [0.05, 0.1) is 5.69 Å². The molecular weight excluding hydrogens is 390 g/mol. The first kappa shape index (κ1) is 20.1. The fourth-order valence-corrected chi connectivity index (χ4v) is 3.10. The van der Waals surface area contributed by atoms with Gasteiger partial charge in [0.2, 0.25) is 0 Å². The predicted octanol–water partition coefficient (Wildman–Crippen LogP) is 4.40. The lowest BCUT2D eigenvalue weighted by atomic mass is 10.2. The van der Waals surface area contributed by atoms with Gasteiger partial charge in [0.1, 0.15) is 17.5 Å². The van der Waals surface area contributed by atoms with E-state index >= 15 is 0 Å². The third kappa shape index (κ3) is 5.05. The smallest absolute Gasteiger partial charge is 0.255 e. The molecule has 0 aliphatic rings. The molecule has 2 aromatic heterocycles. The number of amides is 1. The van der Waals surface area contributed by atoms with Gasteiger partial charge in [-0.2, -0.15) is 5.10 Å². The molecule has 0 aliphatic heterocycles. The summed E-state index contributed by atoms with van der Waals surface area (Å²) in [5.74, 6) is 1.98. The number of hydrogen-bond donors (Lipinski definition) is 3. The van der Waals surface area contributed by atoms with E-state index in [-0.39, 0.29) is 5.91 Å². The van der Waals surface area contributed by atoms with Crippen molar-refractivity contribution in [2.75, 3.05) is 22.5 Å². The lowest BCUT2D eigenvalue weighted by Crippen LogP contribution is -2.12. The number of carbonyl (C=O) groups excluding carboxylic acids is 1. The van der Waals surface area contributed by atoms with Gasteiger partial charge in [0.25, 0.3) is 5.91 Å². The predicted molar refractivity (Wildman–Crippen MR) is 122 cm³/mol. The van der Waals surface area contributed by atoms with Crippen LogP contribution in [0.1, 0.15) is 23.1 Å². The van der Waals surface area contributed by atoms with Crippen LogP contribution in [-0.4, -0.2) is 32.2 Å². The van der Waals surface area contributed by atoms with Crippen LogP contribution in [0.2, 0.25) is 0 Å². The van der Waals surface area contributed by atoms with Gasteiger partial charge in [0, 0.05) is 41.9 Å². The van der Waals surface area contributed by atoms with Crippen molar-refractivity contribution in [1.29, 1.82) is 0 Å². The number of anilines is 4. The van der Waals surface area contributed by atoms with Gasteiger partial charge in [-0.3, -0.25) is 4.79 Å². The average molecular weight is 413 g/mol. The highest BCUT2D eigenvalue weighted by Gasteiger charge is 2.08. The maximum absolute atomic E-state index is 12.7. The maximum Gasteiger partial charge on any atom is 0.255 e. The second kappa shape index (κ2) is 9.08. The van der Waals surface area contributed by atoms with Gasteiger partial charge >= 0.3 is 0 Å². The standard InChI is InChI=1S/C23H23N7O/c1-3-24-21-15-22(27-16(2)26-21)28-18-8-10-19(11-9-18)29-23(31)17-6-4-7-20(14-17)30-13-5-12-25-30/h4-15H,3H2,1-2H3,(H,29,31)(H2,24,26,27,28). The Morgan fingerprint density at radius 2 is 1.74 bits per heavy atom. The summed E-state index contributed by atoms with van der Waals surface area (Å²) in [7, 11) is 0. The fourth-order valence-electron chi connectivity index (χ4n) is 3.10. The van der Waals surface area contributed by atoms with Gasteiger partial charge in [-0.1, -0.05) is 6.07 Å². The van der Waals surface area contributed by atoms with E-state index < -0.39 is 0 Å². The number of aromatic nitrogens is 4. The van der Waals surface area contributed by atoms with Gasteiger partial charge < -0.3 is 16.0 Å². The van der Waals surface area contributed by atoms with E-state index in [0.717, 1.165) is 23.7 Å². The number of rotatable bonds is 7. The van der Waals surface area contributed by atoms with Gasteiger partial charge in [-0.25, -0.2) is 14.6 Å². The van der Waals surface area contributed by atoms with Crippen molar-refractivity contribution in [3.8, 4) is 5.69 Å². The van der Waals surface area contributed by atoms with Crippen LogP contribution < -0.4 is 16.0 Å². The molecule has 8 heteroatoms. The molecule has 0 atom stereocenters. The van der Waals surface area contributed by atoms with Crippen LogP contribution >= 0.6 is 0 Å². The molecule has 0 aliphatic carbocycles. The number of nitrogens with zero attached hydrogens (tertiary/aromatic N) is 4. The lowest BCUT2D eigenvalue weighted by Gasteiger charge is -2.11. The zero-order chi connectivity index (χ0) is 21.6. The molecule has 0 saturated carbocycles. The van der Waals surface area contributed by atoms with Crippen molar-refractivity contribution in [2.45, 2.75) is 13.8 Å². The summed E-state index contributed by atoms with van der Waals surface area (Å²) < 4.78 is 1.72. The Hall–Kier alpha value is -4.20. The highest BCUT2D eigenvalue weighted by molar-refractivity contribution is 6.04. The zero-order valence-electron chi connectivity index (χ0n) is 17.3. The molecule has 2 aromatic carbocycles. The van der Waals surface area contributed by atoms with Crippen LogP contribution in [0.4, 0.5) is 23.0 Å². The van der Waals surface area contributed by atoms with E-state index in [1.807, 2.05) is 68.6 Å². The molecule has 0 unspecified atom stereocenters. The SMILES string of the molecule is CCNc1cc(Nc2ccc(NC(=O)c3cccc(-n4cccn4)c3)cc2)nc(C)n1. The summed E-state index contributed by atoms with van der Waals surface area (Å²) in [6.45, 7) is 4.66. The van der Waals surface area contributed by atoms with Crippen LogP contribution in [0.15, 0.2) is 73.1 Å². The molecule has 8 nitrogen and oxygen atoms in total. The summed E-state index contributed by atoms with van der Waals surface area (Å²) >= 11 is 0. The van der Waals surface area contributed by atoms with E-state index in [2.05, 4.69) is 31.0 Å². The van der Waals surface area contributed by atoms with Crippen LogP contribution in [0.25, 0.3) is 5.69 Å². The Bertz CT molecular complexity index is 1170. The fraction of sp³-hybridized carbons (Fsp3) is 0.130. The van der Waals surface area contributed by atoms with Crippen LogP contribution in [0.5, 0.6) is 0 Å². The van der Waals surface area contributed by atoms with E-state index in [1.165, 1.54) is 0 Å². The number of aryl methyl sites for hydroxylation is 1. The molecule has 1 amide bonds. The van der Waals surface area contributed by atoms with E-state index in [0.29, 0.717) is 22.9 Å². The highest BCUT2D eigenvalue weighted by atomic mass is 16.1. The lowest BCUT2D eigenvalue weighted by molar-refractivity contribution is 0.102. The van der Waals surface area contributed by atoms with Crippen LogP contribution in [-0.2, 0) is 0 Å². The quantitative estimate of drug-likeness (QED) is 0.416. The molecule has 0 spiro atoms. The molecular formula is C23H23N7O. The van der Waals surface area contributed by atoms with E-state index in [1.54, 1.807) is 23.0 Å². The largest absolute Gasteiger partial charge is 0.370 e. The van der Waals surface area contributed by atoms with Crippen molar-refractivity contribution in [3.63, 3.8) is 0 Å². The number of carbonyl (C=O) groups is 1. The third-order valence-electron chi connectivity index (χ3n) is 4.49. The first-order valence-corrected chi connectivity index (χ1v) is 9.99. The van der Waals surface area contributed by atoms with Gasteiger partial charge in [0.15, 0.2) is 0 Å². The molecule has 0 saturated heterocycles. The molecule has 4 rings (SSSR count). The average Bonchev–Trinajstić information content (AvgIpc) is 3.30. The van der Waals surface area contributed by atoms with Crippen LogP contribution in [0, 0.1) is 6.92 Å². The Morgan fingerprint density at radius 3 is 2.48 bits per heavy atom. The Morgan fingerprint density at radius 1 is 0.968 bits per heavy atom. The Labute approximate surface area is 180 Å². The van der Waals surface area contributed by atoms with Crippen molar-refractivity contribution >= 4 is 28.9 Å². The molecule has 2 heterocycles. The summed E-state index contributed by atoms with van der Waals surface area (Å²) in [5.41, 5.74) is 2.95. The Balaban J connectivity index is 1.43. The molecule has 4 aromatic rings. The topological polar surface area (TPSA) is 96.8 Å². The van der Waals surface area contributed by atoms with Crippen molar-refractivity contribution < 1.29 is 4.79 Å². The van der Waals surface area contributed by atoms with Crippen LogP contribution in [0.3, 0.4) is 0 Å². The summed E-state index contributed by atoms with van der Waals surface area (Å²) in [6.07, 6.45) is 3.54. The van der Waals surface area contributed by atoms with Crippen molar-refractivity contribution in [1.82, 2.24) is 19.7 Å². The number of nitrogens with one attached hydrogen (secondary N) is 3. The minimum atomic E-state index is -0.184. The highest BCUT2D eigenvalue weighted by Crippen LogP contribution is 2.20. The first-order chi connectivity index (χ1) is 15.1. The Kier molecular flexibility index (Phi) is 5.89. The number of benzene rings is 2. The molecule has 31 heavy (non-hydrogen) atoms. The minimum absolute atomic E-state index is 0.184. The molecule has 3 N–H and O–H groups in total. The summed E-state index contributed by atoms with van der Waals surface area (Å²) in [4.78, 5) is 21.4. The third-order valence-corrected chi connectivity index (χ3v) is 4.49. The molecule has 0 fully saturated rings. The maximum atomic E-state index is 12.7. The second-order valence-corrected chi connectivity index (χ2v) is 6.87. The first-order valence-electron chi connectivity index (χ1n) is 9.99. The van der Waals surface area contributed by atoms with Crippen molar-refractivity contribution in [3.05, 3.63) is 84.4 Å². The number of hydrogen-bond acceptors (Lipinski definition) is 6. The van der Waals surface area contributed by atoms with Gasteiger partial charge in [-0.05, 0) is 62.4 Å². The van der Waals surface area contributed by atoms with E-state index in [9.17, 15) is 4.79 Å². The van der Waals surface area contributed by atoms with E-state index in [4.69, 9.17) is 0 Å². The van der Waals surface area contributed by atoms with Gasteiger partial charge in [-0.15, -0.1) is 0 Å². The normalized spacial score (nSPS) is 10.5. The zero-order valence-corrected chi connectivity index (χ0v) is 17.3. The van der Waals surface area contributed by atoms with Crippen molar-refractivity contribution in [2.24, 2.45) is 0 Å². The molecule has 0 bridgehead atoms. The molecule has 0 radical (unpaired) electrons. The monoisotopic (exact) mass is 413 g/mol. The molecule has 156 valence electrons. The summed E-state index contributed by atoms with van der Waals surface area (Å²) in [5, 5.41) is 13.6. The minimum Gasteiger partial charge on any atom is -0.370 e. The summed E-state index contributed by atoms with van der Waals surface area (Å²) in [6, 6.07) is 18.5.